The molecular weight excluding hydrogens is 1440 g/mol. The number of amides is 6. The molecule has 0 radical (unpaired) electrons. The predicted molar refractivity (Wildman–Crippen MR) is 474 cm³/mol. The lowest BCUT2D eigenvalue weighted by Gasteiger charge is -2.73. The van der Waals surface area contributed by atoms with Gasteiger partial charge in [-0.25, -0.2) is 0 Å². The van der Waals surface area contributed by atoms with E-state index in [1.807, 2.05) is 0 Å². The molecule has 15 fully saturated rings. The van der Waals surface area contributed by atoms with Crippen molar-refractivity contribution in [3.05, 3.63) is 36.5 Å². The molecule has 33 unspecified atom stereocenters. The standard InChI is InChI=1S/C104H169N7O6/c1-60(2)66-36-48-102(54-51-96(19)69(81(66)102)27-30-78-93(16)42-33-63(7)90(10,11)75(93)39-45-99(78,96)22)87(115)107-57-72(105-25)85(113)111-74(59-109-89(117)104-50-38-68(62(5)6)83(104)71-29-32-80-95(18)44-35-65(9)92(14,15)77(95)41-47-101(80,24)98(71,21)53-56-104)86(114)110-73(84(112)106-26)58-108-88(116)103-49-37-67(61(3)4)82(103)70-28-31-79-94(17)43-34-64(8)91(12,13)76(94)40-46-100(79,23)97(70,20)52-55-103/h63-83,105H,1,3,5,27-59H2,2,4,6-26H3,(H,106,112)(H,107,115)(H,108,116)(H,109,117)(H,110,114)(H,111,113). The number of fused-ring (bicyclic) bond motifs is 21. The lowest BCUT2D eigenvalue weighted by atomic mass is 9.32. The summed E-state index contributed by atoms with van der Waals surface area (Å²) < 4.78 is 0. The summed E-state index contributed by atoms with van der Waals surface area (Å²) in [5, 5.41) is 22.7. The predicted octanol–water partition coefficient (Wildman–Crippen LogP) is 20.5. The number of nitrogens with one attached hydrogen (secondary N) is 7. The molecule has 0 saturated heterocycles. The molecular formula is C104H169N7O6. The molecule has 15 aliphatic rings. The van der Waals surface area contributed by atoms with Crippen molar-refractivity contribution in [3.63, 3.8) is 0 Å². The molecule has 0 bridgehead atoms. The van der Waals surface area contributed by atoms with Crippen molar-refractivity contribution in [2.75, 3.05) is 33.7 Å². The molecule has 15 aliphatic carbocycles. The number of likely N-dealkylation sites (N-methyl/N-ethyl adjacent to an activating group) is 2. The van der Waals surface area contributed by atoms with E-state index in [9.17, 15) is 4.79 Å². The zero-order chi connectivity index (χ0) is 85.1. The van der Waals surface area contributed by atoms with E-state index < -0.39 is 52.1 Å². The van der Waals surface area contributed by atoms with E-state index in [0.29, 0.717) is 81.8 Å². The lowest BCUT2D eigenvalue weighted by Crippen LogP contribution is -2.67. The average Bonchev–Trinajstić information content (AvgIpc) is 1.44. The molecule has 7 N–H and O–H groups in total. The molecule has 13 nitrogen and oxygen atoms in total. The Hall–Kier alpha value is -4.00. The Morgan fingerprint density at radius 1 is 0.308 bits per heavy atom. The first-order valence-electron chi connectivity index (χ1n) is 48.9. The number of rotatable bonds is 18. The van der Waals surface area contributed by atoms with Crippen LogP contribution in [0.5, 0.6) is 0 Å². The number of carbonyl (C=O) groups is 6. The van der Waals surface area contributed by atoms with Crippen molar-refractivity contribution in [2.45, 2.75) is 356 Å². The van der Waals surface area contributed by atoms with Gasteiger partial charge >= 0.3 is 0 Å². The summed E-state index contributed by atoms with van der Waals surface area (Å²) in [5.41, 5.74) is 3.63. The summed E-state index contributed by atoms with van der Waals surface area (Å²) in [6.07, 6.45) is 32.2. The van der Waals surface area contributed by atoms with Crippen molar-refractivity contribution in [1.82, 2.24) is 37.2 Å². The summed E-state index contributed by atoms with van der Waals surface area (Å²) in [6, 6.07) is -3.51. The van der Waals surface area contributed by atoms with E-state index in [4.69, 9.17) is 6.58 Å². The highest BCUT2D eigenvalue weighted by Gasteiger charge is 2.77. The summed E-state index contributed by atoms with van der Waals surface area (Å²) in [6.45, 7) is 67.1. The SMILES string of the molecule is C=C(C)C1CCC2(C(=O)NCC(NC)C(=O)NC(CNC(=O)C34CCC(C(=C)C)C3C3CCC5C6(C)CCC(C)C(C)(C)C6CCC5(C)C3(C)CC4)C(=O)NC(CNC(=O)C34CCC(C(=C)C)C3C3CCC5C6(C)CCC(C)C(C)(C)C6CCC5(C)C3(C)CC4)C(=O)NC)CCC3(C)C(CCC4C5(C)CCC(C)C(C)(C)C5CCC43C)C12. The van der Waals surface area contributed by atoms with Gasteiger partial charge in [0.25, 0.3) is 0 Å². The van der Waals surface area contributed by atoms with E-state index in [0.717, 1.165) is 107 Å². The third kappa shape index (κ3) is 12.3. The van der Waals surface area contributed by atoms with E-state index in [2.05, 4.69) is 196 Å². The van der Waals surface area contributed by atoms with Crippen molar-refractivity contribution >= 4 is 35.4 Å². The topological polar surface area (TPSA) is 187 Å². The van der Waals surface area contributed by atoms with Gasteiger partial charge in [-0.05, 0) is 392 Å². The lowest BCUT2D eigenvalue weighted by molar-refractivity contribution is -0.240. The van der Waals surface area contributed by atoms with Crippen molar-refractivity contribution in [1.29, 1.82) is 0 Å². The highest BCUT2D eigenvalue weighted by atomic mass is 16.2. The first-order valence-corrected chi connectivity index (χ1v) is 48.9. The molecule has 33 atom stereocenters. The van der Waals surface area contributed by atoms with Crippen LogP contribution in [0.25, 0.3) is 0 Å². The van der Waals surface area contributed by atoms with Crippen LogP contribution < -0.4 is 37.2 Å². The number of allylic oxidation sites excluding steroid dienone is 3. The fourth-order valence-electron chi connectivity index (χ4n) is 37.7. The van der Waals surface area contributed by atoms with Crippen molar-refractivity contribution < 1.29 is 28.8 Å². The van der Waals surface area contributed by atoms with Crippen LogP contribution in [0.2, 0.25) is 0 Å². The van der Waals surface area contributed by atoms with Crippen LogP contribution in [-0.2, 0) is 28.8 Å². The van der Waals surface area contributed by atoms with Crippen molar-refractivity contribution in [3.8, 4) is 0 Å². The normalized spacial score (nSPS) is 49.3. The molecule has 0 aliphatic heterocycles. The van der Waals surface area contributed by atoms with E-state index in [1.165, 1.54) is 102 Å². The van der Waals surface area contributed by atoms with Gasteiger partial charge < -0.3 is 37.2 Å². The van der Waals surface area contributed by atoms with Crippen LogP contribution in [0, 0.1) is 188 Å². The zero-order valence-corrected chi connectivity index (χ0v) is 78.5. The number of hydrogen-bond acceptors (Lipinski definition) is 7. The Kier molecular flexibility index (Phi) is 22.2. The average molecular weight is 1610 g/mol. The second-order valence-electron chi connectivity index (χ2n) is 49.5. The summed E-state index contributed by atoms with van der Waals surface area (Å²) in [4.78, 5) is 94.1. The van der Waals surface area contributed by atoms with Crippen LogP contribution in [0.1, 0.15) is 338 Å². The molecule has 0 heterocycles. The maximum atomic E-state index is 16.2. The van der Waals surface area contributed by atoms with Crippen LogP contribution in [0.3, 0.4) is 0 Å². The van der Waals surface area contributed by atoms with Gasteiger partial charge in [0.15, 0.2) is 0 Å². The Bertz CT molecular complexity index is 3950. The first kappa shape index (κ1) is 87.9. The third-order valence-corrected chi connectivity index (χ3v) is 45.8. The monoisotopic (exact) mass is 1610 g/mol. The molecule has 117 heavy (non-hydrogen) atoms. The second-order valence-corrected chi connectivity index (χ2v) is 49.5. The van der Waals surface area contributed by atoms with Gasteiger partial charge in [0.05, 0.1) is 16.2 Å². The highest BCUT2D eigenvalue weighted by Crippen LogP contribution is 2.83. The van der Waals surface area contributed by atoms with Crippen LogP contribution in [0.15, 0.2) is 36.5 Å². The third-order valence-electron chi connectivity index (χ3n) is 45.8. The van der Waals surface area contributed by atoms with Gasteiger partial charge in [-0.3, -0.25) is 28.8 Å². The van der Waals surface area contributed by atoms with Gasteiger partial charge in [-0.15, -0.1) is 0 Å². The molecule has 13 heteroatoms. The van der Waals surface area contributed by atoms with E-state index >= 15 is 24.0 Å². The summed E-state index contributed by atoms with van der Waals surface area (Å²) in [7, 11) is 3.29. The molecule has 656 valence electrons. The van der Waals surface area contributed by atoms with E-state index in [1.54, 1.807) is 14.1 Å². The smallest absolute Gasteiger partial charge is 0.245 e. The van der Waals surface area contributed by atoms with Gasteiger partial charge in [0.1, 0.15) is 18.1 Å². The first-order chi connectivity index (χ1) is 54.6. The van der Waals surface area contributed by atoms with Crippen molar-refractivity contribution in [2.24, 2.45) is 188 Å². The van der Waals surface area contributed by atoms with Crippen LogP contribution in [-0.4, -0.2) is 87.3 Å². The maximum Gasteiger partial charge on any atom is 0.245 e. The molecule has 0 aromatic heterocycles. The van der Waals surface area contributed by atoms with Gasteiger partial charge in [-0.1, -0.05) is 161 Å². The molecule has 0 aromatic rings. The van der Waals surface area contributed by atoms with Crippen LogP contribution in [0.4, 0.5) is 0 Å². The molecule has 15 rings (SSSR count). The second kappa shape index (κ2) is 29.6. The Morgan fingerprint density at radius 3 is 0.855 bits per heavy atom. The van der Waals surface area contributed by atoms with Crippen LogP contribution >= 0.6 is 0 Å². The molecule has 15 saturated carbocycles. The Balaban J connectivity index is 0.690. The molecule has 6 amide bonds. The minimum absolute atomic E-state index is 0.00725. The largest absolute Gasteiger partial charge is 0.357 e. The molecule has 0 aromatic carbocycles. The maximum absolute atomic E-state index is 16.2. The minimum Gasteiger partial charge on any atom is -0.357 e. The number of hydrogen-bond donors (Lipinski definition) is 7. The zero-order valence-electron chi connectivity index (χ0n) is 78.5. The Morgan fingerprint density at radius 2 is 0.581 bits per heavy atom. The van der Waals surface area contributed by atoms with Gasteiger partial charge in [-0.2, -0.15) is 0 Å². The minimum atomic E-state index is -1.34. The number of carbonyl (C=O) groups excluding carboxylic acids is 6. The molecule has 0 spiro atoms. The van der Waals surface area contributed by atoms with Gasteiger partial charge in [0, 0.05) is 26.7 Å². The van der Waals surface area contributed by atoms with Gasteiger partial charge in [0.2, 0.25) is 35.4 Å². The fourth-order valence-corrected chi connectivity index (χ4v) is 37.7. The Labute approximate surface area is 711 Å². The fraction of sp³-hybridized carbons (Fsp3) is 0.885. The summed E-state index contributed by atoms with van der Waals surface area (Å²) in [5.74, 6) is 6.25. The quantitative estimate of drug-likeness (QED) is 0.0665. The summed E-state index contributed by atoms with van der Waals surface area (Å²) >= 11 is 0. The van der Waals surface area contributed by atoms with E-state index in [-0.39, 0.29) is 127 Å². The highest BCUT2D eigenvalue weighted by molar-refractivity contribution is 5.95.